The van der Waals surface area contributed by atoms with Crippen molar-refractivity contribution in [3.8, 4) is 11.5 Å². The third-order valence-corrected chi connectivity index (χ3v) is 7.92. The maximum absolute atomic E-state index is 14.0. The summed E-state index contributed by atoms with van der Waals surface area (Å²) >= 11 is 0. The van der Waals surface area contributed by atoms with Gasteiger partial charge in [0.15, 0.2) is 22.9 Å². The number of nitrogens with zero attached hydrogens (tertiary/aromatic N) is 2. The lowest BCUT2D eigenvalue weighted by atomic mass is 9.95. The van der Waals surface area contributed by atoms with Gasteiger partial charge in [0.25, 0.3) is 5.91 Å². The van der Waals surface area contributed by atoms with Crippen molar-refractivity contribution in [2.45, 2.75) is 19.1 Å². The van der Waals surface area contributed by atoms with Gasteiger partial charge in [-0.25, -0.2) is 0 Å². The van der Waals surface area contributed by atoms with Crippen LogP contribution in [0.5, 0.6) is 11.5 Å². The van der Waals surface area contributed by atoms with Gasteiger partial charge in [-0.05, 0) is 41.8 Å². The molecule has 2 aliphatic heterocycles. The van der Waals surface area contributed by atoms with Gasteiger partial charge in [0.05, 0.1) is 31.9 Å². The first-order chi connectivity index (χ1) is 21.0. The first kappa shape index (κ1) is 28.5. The molecule has 1 aromatic heterocycles. The predicted molar refractivity (Wildman–Crippen MR) is 160 cm³/mol. The summed E-state index contributed by atoms with van der Waals surface area (Å²) in [7, 11) is 1.53. The molecule has 0 radical (unpaired) electrons. The predicted octanol–water partition coefficient (Wildman–Crippen LogP) is 5.32. The van der Waals surface area contributed by atoms with Gasteiger partial charge >= 0.3 is 0 Å². The van der Waals surface area contributed by atoms with Crippen molar-refractivity contribution in [1.82, 2.24) is 9.80 Å². The lowest BCUT2D eigenvalue weighted by Gasteiger charge is -2.30. The van der Waals surface area contributed by atoms with Crippen LogP contribution in [0.15, 0.2) is 94.6 Å². The Morgan fingerprint density at radius 2 is 1.74 bits per heavy atom. The molecule has 1 fully saturated rings. The first-order valence-corrected chi connectivity index (χ1v) is 14.5. The molecule has 1 amide bonds. The topological polar surface area (TPSA) is 102 Å². The molecular weight excluding hydrogens is 548 g/mol. The minimum Gasteiger partial charge on any atom is -0.503 e. The molecule has 3 heterocycles. The van der Waals surface area contributed by atoms with Gasteiger partial charge in [0.1, 0.15) is 12.4 Å². The van der Waals surface area contributed by atoms with Gasteiger partial charge in [0, 0.05) is 31.6 Å². The van der Waals surface area contributed by atoms with Gasteiger partial charge in [-0.15, -0.1) is 0 Å². The van der Waals surface area contributed by atoms with Crippen LogP contribution >= 0.6 is 0 Å². The summed E-state index contributed by atoms with van der Waals surface area (Å²) in [6.07, 6.45) is 0.678. The van der Waals surface area contributed by atoms with E-state index < -0.39 is 23.5 Å². The zero-order valence-corrected chi connectivity index (χ0v) is 24.0. The molecule has 4 aromatic rings. The highest BCUT2D eigenvalue weighted by atomic mass is 16.5. The summed E-state index contributed by atoms with van der Waals surface area (Å²) in [6.45, 7) is 4.60. The quantitative estimate of drug-likeness (QED) is 0.237. The Labute approximate surface area is 249 Å². The van der Waals surface area contributed by atoms with Gasteiger partial charge in [-0.2, -0.15) is 0 Å². The molecule has 222 valence electrons. The molecule has 1 N–H and O–H groups in total. The normalized spacial score (nSPS) is 17.6. The van der Waals surface area contributed by atoms with Crippen molar-refractivity contribution in [3.05, 3.63) is 107 Å². The third kappa shape index (κ3) is 6.00. The van der Waals surface area contributed by atoms with E-state index in [0.29, 0.717) is 60.8 Å². The van der Waals surface area contributed by atoms with Crippen molar-refractivity contribution < 1.29 is 33.3 Å². The molecule has 2 aliphatic rings. The van der Waals surface area contributed by atoms with E-state index >= 15 is 0 Å². The second-order valence-electron chi connectivity index (χ2n) is 10.6. The van der Waals surface area contributed by atoms with Crippen LogP contribution in [0.4, 0.5) is 0 Å². The van der Waals surface area contributed by atoms with Crippen molar-refractivity contribution in [3.63, 3.8) is 0 Å². The summed E-state index contributed by atoms with van der Waals surface area (Å²) < 4.78 is 22.7. The van der Waals surface area contributed by atoms with E-state index in [0.717, 1.165) is 25.2 Å². The van der Waals surface area contributed by atoms with Crippen LogP contribution in [0.1, 0.15) is 34.1 Å². The molecule has 0 aliphatic carbocycles. The van der Waals surface area contributed by atoms with Gasteiger partial charge in [-0.3, -0.25) is 14.5 Å². The molecule has 3 aromatic carbocycles. The van der Waals surface area contributed by atoms with Crippen LogP contribution in [-0.4, -0.2) is 73.1 Å². The summed E-state index contributed by atoms with van der Waals surface area (Å²) in [5, 5.41) is 11.8. The van der Waals surface area contributed by atoms with Crippen molar-refractivity contribution in [2.75, 3.05) is 46.5 Å². The highest BCUT2D eigenvalue weighted by Gasteiger charge is 2.44. The average Bonchev–Trinajstić information content (AvgIpc) is 3.60. The van der Waals surface area contributed by atoms with Crippen LogP contribution in [0, 0.1) is 0 Å². The van der Waals surface area contributed by atoms with Crippen LogP contribution in [0.25, 0.3) is 11.0 Å². The number of furan rings is 1. The number of morpholine rings is 1. The van der Waals surface area contributed by atoms with E-state index in [-0.39, 0.29) is 11.3 Å². The minimum absolute atomic E-state index is 0.00708. The number of aliphatic hydroxyl groups is 1. The van der Waals surface area contributed by atoms with Gasteiger partial charge in [0.2, 0.25) is 5.78 Å². The molecule has 0 spiro atoms. The number of rotatable bonds is 11. The summed E-state index contributed by atoms with van der Waals surface area (Å²) in [4.78, 5) is 31.3. The Bertz CT molecular complexity index is 1620. The number of fused-ring (bicyclic) bond motifs is 1. The Morgan fingerprint density at radius 1 is 0.977 bits per heavy atom. The van der Waals surface area contributed by atoms with E-state index in [1.54, 1.807) is 23.1 Å². The van der Waals surface area contributed by atoms with Crippen molar-refractivity contribution in [2.24, 2.45) is 0 Å². The molecule has 0 saturated carbocycles. The number of hydrogen-bond donors (Lipinski definition) is 1. The fourth-order valence-electron chi connectivity index (χ4n) is 5.68. The molecule has 1 unspecified atom stereocenters. The highest BCUT2D eigenvalue weighted by Crippen LogP contribution is 2.40. The Kier molecular flexibility index (Phi) is 8.44. The summed E-state index contributed by atoms with van der Waals surface area (Å²) in [6, 6.07) is 23.4. The molecule has 9 heteroatoms. The van der Waals surface area contributed by atoms with Crippen molar-refractivity contribution in [1.29, 1.82) is 0 Å². The fraction of sp³-hybridized carbons (Fsp3) is 0.294. The Hall–Kier alpha value is -4.60. The third-order valence-electron chi connectivity index (χ3n) is 7.92. The minimum atomic E-state index is -0.789. The van der Waals surface area contributed by atoms with Gasteiger partial charge in [-0.1, -0.05) is 54.6 Å². The number of benzene rings is 3. The second kappa shape index (κ2) is 12.7. The maximum Gasteiger partial charge on any atom is 0.290 e. The number of aliphatic hydroxyl groups excluding tert-OH is 1. The second-order valence-corrected chi connectivity index (χ2v) is 10.6. The number of Topliss-reactive ketones (excluding diaryl/α,β-unsaturated/α-hetero) is 1. The number of carbonyl (C=O) groups is 2. The molecule has 43 heavy (non-hydrogen) atoms. The lowest BCUT2D eigenvalue weighted by Crippen LogP contribution is -2.39. The first-order valence-electron chi connectivity index (χ1n) is 14.5. The maximum atomic E-state index is 14.0. The number of ketones is 1. The monoisotopic (exact) mass is 582 g/mol. The number of hydrogen-bond acceptors (Lipinski definition) is 8. The molecular formula is C34H34N2O7. The van der Waals surface area contributed by atoms with E-state index in [1.165, 1.54) is 7.11 Å². The number of carbonyl (C=O) groups excluding carboxylic acids is 2. The molecule has 9 nitrogen and oxygen atoms in total. The lowest BCUT2D eigenvalue weighted by molar-refractivity contribution is -0.129. The Morgan fingerprint density at radius 3 is 2.49 bits per heavy atom. The fourth-order valence-corrected chi connectivity index (χ4v) is 5.68. The molecule has 1 atom stereocenters. The number of methoxy groups -OCH3 is 1. The van der Waals surface area contributed by atoms with Gasteiger partial charge < -0.3 is 28.6 Å². The molecule has 0 bridgehead atoms. The number of para-hydroxylation sites is 1. The summed E-state index contributed by atoms with van der Waals surface area (Å²) in [5.41, 5.74) is 2.15. The van der Waals surface area contributed by atoms with Crippen LogP contribution < -0.4 is 9.47 Å². The summed E-state index contributed by atoms with van der Waals surface area (Å²) in [5.74, 6) is -0.511. The highest BCUT2D eigenvalue weighted by molar-refractivity contribution is 6.16. The van der Waals surface area contributed by atoms with Crippen molar-refractivity contribution >= 4 is 22.7 Å². The Balaban J connectivity index is 1.28. The SMILES string of the molecule is COc1cccc2cc(C(=O)C3=C(O)C(=O)N(CCCN4CCOCC4)C3c3ccc(OCc4ccccc4)cc3)oc12. The van der Waals surface area contributed by atoms with E-state index in [1.807, 2.05) is 60.7 Å². The molecule has 6 rings (SSSR count). The van der Waals surface area contributed by atoms with E-state index in [9.17, 15) is 14.7 Å². The van der Waals surface area contributed by atoms with E-state index in [2.05, 4.69) is 4.90 Å². The molecule has 1 saturated heterocycles. The zero-order valence-electron chi connectivity index (χ0n) is 24.0. The van der Waals surface area contributed by atoms with E-state index in [4.69, 9.17) is 18.6 Å². The number of amides is 1. The average molecular weight is 583 g/mol. The largest absolute Gasteiger partial charge is 0.503 e. The van der Waals surface area contributed by atoms with Crippen LogP contribution in [-0.2, 0) is 16.1 Å². The zero-order chi connectivity index (χ0) is 29.8. The standard InChI is InChI=1S/C34H34N2O7/c1-40-27-10-5-9-25-21-28(43-33(25)27)31(37)29-30(24-11-13-26(14-12-24)42-22-23-7-3-2-4-8-23)36(34(39)32(29)38)16-6-15-35-17-19-41-20-18-35/h2-5,7-14,21,30,38H,6,15-20,22H2,1H3. The van der Waals surface area contributed by atoms with Crippen LogP contribution in [0.2, 0.25) is 0 Å². The number of ether oxygens (including phenoxy) is 3. The van der Waals surface area contributed by atoms with Crippen LogP contribution in [0.3, 0.4) is 0 Å². The smallest absolute Gasteiger partial charge is 0.290 e.